The van der Waals surface area contributed by atoms with Gasteiger partial charge in [0.2, 0.25) is 11.9 Å². The monoisotopic (exact) mass is 411 g/mol. The lowest BCUT2D eigenvalue weighted by Gasteiger charge is -2.40. The van der Waals surface area contributed by atoms with Gasteiger partial charge in [-0.3, -0.25) is 0 Å². The number of nitrogens with two attached hydrogens (primary N) is 1. The number of hydrogen-bond acceptors (Lipinski definition) is 5. The standard InChI is InChI=1S/C25H25N5O/c1-31-21-14-12-20(13-15-21)23-16-22(19-10-6-3-7-11-19)29(17-18-8-4-2-5-9-18)25-27-24(26)28-30(23)25/h2-15,22-23H,16-17H2,1H3,(H2,26,28). The summed E-state index contributed by atoms with van der Waals surface area (Å²) in [4.78, 5) is 6.96. The Balaban J connectivity index is 1.61. The van der Waals surface area contributed by atoms with Gasteiger partial charge >= 0.3 is 0 Å². The molecule has 3 aromatic carbocycles. The van der Waals surface area contributed by atoms with E-state index in [-0.39, 0.29) is 12.1 Å². The third kappa shape index (κ3) is 3.72. The van der Waals surface area contributed by atoms with Crippen LogP contribution in [0.15, 0.2) is 84.9 Å². The molecule has 1 aliphatic heterocycles. The third-order valence-corrected chi connectivity index (χ3v) is 5.89. The lowest BCUT2D eigenvalue weighted by molar-refractivity contribution is 0.379. The van der Waals surface area contributed by atoms with Crippen molar-refractivity contribution in [2.75, 3.05) is 17.7 Å². The fraction of sp³-hybridized carbons (Fsp3) is 0.200. The Hall–Kier alpha value is -3.80. The molecule has 2 heterocycles. The fourth-order valence-electron chi connectivity index (χ4n) is 4.37. The predicted octanol–water partition coefficient (Wildman–Crippen LogP) is 4.61. The highest BCUT2D eigenvalue weighted by atomic mass is 16.5. The van der Waals surface area contributed by atoms with Crippen LogP contribution >= 0.6 is 0 Å². The van der Waals surface area contributed by atoms with E-state index >= 15 is 0 Å². The first kappa shape index (κ1) is 19.2. The van der Waals surface area contributed by atoms with E-state index in [1.165, 1.54) is 11.1 Å². The molecule has 0 radical (unpaired) electrons. The van der Waals surface area contributed by atoms with Crippen molar-refractivity contribution >= 4 is 11.9 Å². The highest BCUT2D eigenvalue weighted by Crippen LogP contribution is 2.43. The van der Waals surface area contributed by atoms with E-state index in [0.29, 0.717) is 5.95 Å². The molecule has 0 fully saturated rings. The van der Waals surface area contributed by atoms with Crippen molar-refractivity contribution in [1.29, 1.82) is 0 Å². The minimum atomic E-state index is 0.0305. The molecule has 0 saturated heterocycles. The fourth-order valence-corrected chi connectivity index (χ4v) is 4.37. The first-order chi connectivity index (χ1) is 15.2. The molecule has 1 aliphatic rings. The zero-order valence-corrected chi connectivity index (χ0v) is 17.4. The number of nitrogen functional groups attached to an aromatic ring is 1. The largest absolute Gasteiger partial charge is 0.497 e. The van der Waals surface area contributed by atoms with Crippen LogP contribution in [0.4, 0.5) is 11.9 Å². The smallest absolute Gasteiger partial charge is 0.241 e. The quantitative estimate of drug-likeness (QED) is 0.519. The van der Waals surface area contributed by atoms with Gasteiger partial charge < -0.3 is 15.4 Å². The lowest BCUT2D eigenvalue weighted by Crippen LogP contribution is -2.38. The molecule has 5 rings (SSSR count). The Labute approximate surface area is 181 Å². The van der Waals surface area contributed by atoms with Crippen LogP contribution in [-0.4, -0.2) is 21.9 Å². The van der Waals surface area contributed by atoms with Gasteiger partial charge in [-0.15, -0.1) is 5.10 Å². The number of aromatic nitrogens is 3. The maximum absolute atomic E-state index is 6.09. The van der Waals surface area contributed by atoms with Gasteiger partial charge in [0.25, 0.3) is 0 Å². The Morgan fingerprint density at radius 2 is 1.52 bits per heavy atom. The van der Waals surface area contributed by atoms with Crippen LogP contribution < -0.4 is 15.4 Å². The van der Waals surface area contributed by atoms with Gasteiger partial charge in [-0.2, -0.15) is 4.98 Å². The topological polar surface area (TPSA) is 69.2 Å². The summed E-state index contributed by atoms with van der Waals surface area (Å²) in [7, 11) is 1.68. The zero-order valence-electron chi connectivity index (χ0n) is 17.4. The molecular weight excluding hydrogens is 386 g/mol. The summed E-state index contributed by atoms with van der Waals surface area (Å²) in [5.74, 6) is 1.92. The second-order valence-electron chi connectivity index (χ2n) is 7.78. The number of anilines is 2. The molecule has 0 bridgehead atoms. The highest BCUT2D eigenvalue weighted by molar-refractivity contribution is 5.46. The van der Waals surface area contributed by atoms with Crippen molar-refractivity contribution in [2.24, 2.45) is 0 Å². The van der Waals surface area contributed by atoms with Crippen LogP contribution in [0.1, 0.15) is 35.2 Å². The number of methoxy groups -OCH3 is 1. The normalized spacial score (nSPS) is 17.9. The van der Waals surface area contributed by atoms with E-state index in [2.05, 4.69) is 81.7 Å². The molecule has 0 aliphatic carbocycles. The lowest BCUT2D eigenvalue weighted by atomic mass is 9.91. The van der Waals surface area contributed by atoms with Gasteiger partial charge in [-0.05, 0) is 35.2 Å². The summed E-state index contributed by atoms with van der Waals surface area (Å²) in [6.45, 7) is 0.730. The molecular formula is C25H25N5O. The number of rotatable bonds is 5. The van der Waals surface area contributed by atoms with Crippen LogP contribution in [0, 0.1) is 0 Å². The first-order valence-corrected chi connectivity index (χ1v) is 10.4. The summed E-state index contributed by atoms with van der Waals surface area (Å²) in [6, 6.07) is 29.4. The van der Waals surface area contributed by atoms with Crippen molar-refractivity contribution in [1.82, 2.24) is 14.8 Å². The van der Waals surface area contributed by atoms with Crippen LogP contribution in [0.25, 0.3) is 0 Å². The van der Waals surface area contributed by atoms with Gasteiger partial charge in [0, 0.05) is 6.54 Å². The van der Waals surface area contributed by atoms with Gasteiger partial charge in [0.1, 0.15) is 5.75 Å². The van der Waals surface area contributed by atoms with E-state index in [1.807, 2.05) is 22.9 Å². The Morgan fingerprint density at radius 1 is 0.871 bits per heavy atom. The summed E-state index contributed by atoms with van der Waals surface area (Å²) < 4.78 is 7.31. The average molecular weight is 412 g/mol. The second-order valence-corrected chi connectivity index (χ2v) is 7.78. The van der Waals surface area contributed by atoms with Crippen LogP contribution in [0.5, 0.6) is 5.75 Å². The van der Waals surface area contributed by atoms with Gasteiger partial charge in [0.15, 0.2) is 0 Å². The Bertz CT molecular complexity index is 1140. The van der Waals surface area contributed by atoms with Crippen LogP contribution in [-0.2, 0) is 6.54 Å². The molecule has 2 atom stereocenters. The number of nitrogens with zero attached hydrogens (tertiary/aromatic N) is 4. The highest BCUT2D eigenvalue weighted by Gasteiger charge is 2.36. The van der Waals surface area contributed by atoms with Crippen molar-refractivity contribution < 1.29 is 4.74 Å². The van der Waals surface area contributed by atoms with E-state index in [9.17, 15) is 0 Å². The minimum absolute atomic E-state index is 0.0305. The van der Waals surface area contributed by atoms with Crippen molar-refractivity contribution in [3.05, 3.63) is 102 Å². The summed E-state index contributed by atoms with van der Waals surface area (Å²) >= 11 is 0. The third-order valence-electron chi connectivity index (χ3n) is 5.89. The molecule has 1 aromatic heterocycles. The van der Waals surface area contributed by atoms with Crippen molar-refractivity contribution in [2.45, 2.75) is 25.0 Å². The SMILES string of the molecule is COc1ccc(C2CC(c3ccccc3)N(Cc3ccccc3)c3nc(N)nn32)cc1. The first-order valence-electron chi connectivity index (χ1n) is 10.4. The van der Waals surface area contributed by atoms with E-state index in [1.54, 1.807) is 7.11 Å². The molecule has 0 amide bonds. The molecule has 2 unspecified atom stereocenters. The van der Waals surface area contributed by atoms with E-state index in [0.717, 1.165) is 30.2 Å². The summed E-state index contributed by atoms with van der Waals surface area (Å²) in [6.07, 6.45) is 0.860. The number of benzene rings is 3. The molecule has 6 nitrogen and oxygen atoms in total. The maximum Gasteiger partial charge on any atom is 0.241 e. The van der Waals surface area contributed by atoms with E-state index in [4.69, 9.17) is 10.5 Å². The number of fused-ring (bicyclic) bond motifs is 1. The average Bonchev–Trinajstić information content (AvgIpc) is 3.22. The molecule has 0 saturated carbocycles. The number of ether oxygens (including phenoxy) is 1. The minimum Gasteiger partial charge on any atom is -0.497 e. The van der Waals surface area contributed by atoms with Crippen LogP contribution in [0.2, 0.25) is 0 Å². The summed E-state index contributed by atoms with van der Waals surface area (Å²) in [5.41, 5.74) is 9.73. The van der Waals surface area contributed by atoms with Gasteiger partial charge in [-0.1, -0.05) is 72.8 Å². The Kier molecular flexibility index (Phi) is 5.04. The molecule has 156 valence electrons. The molecule has 6 heteroatoms. The van der Waals surface area contributed by atoms with Crippen molar-refractivity contribution in [3.63, 3.8) is 0 Å². The molecule has 4 aromatic rings. The maximum atomic E-state index is 6.09. The van der Waals surface area contributed by atoms with Gasteiger partial charge in [-0.25, -0.2) is 4.68 Å². The molecule has 31 heavy (non-hydrogen) atoms. The summed E-state index contributed by atoms with van der Waals surface area (Å²) in [5, 5.41) is 4.58. The van der Waals surface area contributed by atoms with Crippen molar-refractivity contribution in [3.8, 4) is 5.75 Å². The molecule has 2 N–H and O–H groups in total. The zero-order chi connectivity index (χ0) is 21.2. The second kappa shape index (κ2) is 8.14. The Morgan fingerprint density at radius 3 is 2.19 bits per heavy atom. The predicted molar refractivity (Wildman–Crippen MR) is 122 cm³/mol. The van der Waals surface area contributed by atoms with Crippen LogP contribution in [0.3, 0.4) is 0 Å². The molecule has 0 spiro atoms. The van der Waals surface area contributed by atoms with E-state index < -0.39 is 0 Å². The van der Waals surface area contributed by atoms with Gasteiger partial charge in [0.05, 0.1) is 19.2 Å². The number of hydrogen-bond donors (Lipinski definition) is 1.